The largest absolute Gasteiger partial charge is 0.293 e. The fourth-order valence-corrected chi connectivity index (χ4v) is 4.88. The fraction of sp³-hybridized carbons (Fsp3) is 0.304. The molecule has 0 aliphatic carbocycles. The molecular formula is C23H23FN4S. The number of hydrogen-bond acceptors (Lipinski definition) is 4. The predicted molar refractivity (Wildman–Crippen MR) is 116 cm³/mol. The van der Waals surface area contributed by atoms with Gasteiger partial charge >= 0.3 is 0 Å². The van der Waals surface area contributed by atoms with Gasteiger partial charge in [0.1, 0.15) is 6.17 Å². The Kier molecular flexibility index (Phi) is 4.68. The van der Waals surface area contributed by atoms with Gasteiger partial charge in [-0.3, -0.25) is 9.58 Å². The fourth-order valence-electron chi connectivity index (χ4n) is 4.22. The molecule has 0 spiro atoms. The molecule has 0 amide bonds. The third-order valence-corrected chi connectivity index (χ3v) is 6.78. The number of hydrogen-bond donors (Lipinski definition) is 0. The zero-order valence-corrected chi connectivity index (χ0v) is 17.4. The molecule has 0 saturated heterocycles. The minimum atomic E-state index is -1.01. The van der Waals surface area contributed by atoms with Crippen LogP contribution in [0.1, 0.15) is 35.8 Å². The van der Waals surface area contributed by atoms with Crippen LogP contribution in [-0.2, 0) is 13.5 Å². The van der Waals surface area contributed by atoms with E-state index in [-0.39, 0.29) is 6.04 Å². The highest BCUT2D eigenvalue weighted by Gasteiger charge is 2.27. The average molecular weight is 407 g/mol. The molecule has 4 nitrogen and oxygen atoms in total. The Morgan fingerprint density at radius 1 is 1.17 bits per heavy atom. The van der Waals surface area contributed by atoms with Gasteiger partial charge in [0.25, 0.3) is 0 Å². The van der Waals surface area contributed by atoms with Gasteiger partial charge in [-0.1, -0.05) is 18.2 Å². The van der Waals surface area contributed by atoms with E-state index in [9.17, 15) is 0 Å². The number of thiazole rings is 1. The standard InChI is InChI=1S/C23H23FN4S/c1-15(17-5-6-23-22(10-17)25-14-29-23)28-8-7-16-3-4-18(9-20(16)21(24)13-28)19-11-26-27(2)12-19/h3-6,9-12,14-15,21H,7-8,13H2,1-2H3. The van der Waals surface area contributed by atoms with E-state index in [0.29, 0.717) is 6.54 Å². The van der Waals surface area contributed by atoms with Gasteiger partial charge in [0.2, 0.25) is 0 Å². The lowest BCUT2D eigenvalue weighted by molar-refractivity contribution is 0.161. The third kappa shape index (κ3) is 3.47. The first-order valence-electron chi connectivity index (χ1n) is 9.91. The lowest BCUT2D eigenvalue weighted by Gasteiger charge is -2.28. The molecule has 0 N–H and O–H groups in total. The van der Waals surface area contributed by atoms with Gasteiger partial charge in [0, 0.05) is 37.9 Å². The zero-order chi connectivity index (χ0) is 20.0. The molecule has 0 fully saturated rings. The van der Waals surface area contributed by atoms with Crippen molar-refractivity contribution in [2.45, 2.75) is 25.6 Å². The van der Waals surface area contributed by atoms with Crippen LogP contribution in [-0.4, -0.2) is 32.8 Å². The first-order chi connectivity index (χ1) is 14.1. The number of fused-ring (bicyclic) bond motifs is 2. The van der Waals surface area contributed by atoms with Crippen molar-refractivity contribution in [3.05, 3.63) is 71.0 Å². The summed E-state index contributed by atoms with van der Waals surface area (Å²) in [6, 6.07) is 12.7. The molecule has 0 saturated carbocycles. The Bertz CT molecular complexity index is 1160. The highest BCUT2D eigenvalue weighted by Crippen LogP contribution is 2.34. The third-order valence-electron chi connectivity index (χ3n) is 5.97. The number of benzene rings is 2. The highest BCUT2D eigenvalue weighted by molar-refractivity contribution is 7.16. The van der Waals surface area contributed by atoms with Crippen LogP contribution in [0, 0.1) is 0 Å². The van der Waals surface area contributed by atoms with Crippen molar-refractivity contribution >= 4 is 21.6 Å². The SMILES string of the molecule is CC(c1ccc2scnc2c1)N1CCc2ccc(-c3cnn(C)c3)cc2C(F)C1. The van der Waals surface area contributed by atoms with Crippen LogP contribution in [0.4, 0.5) is 4.39 Å². The number of aromatic nitrogens is 3. The number of rotatable bonds is 3. The maximum Gasteiger partial charge on any atom is 0.138 e. The first kappa shape index (κ1) is 18.5. The Balaban J connectivity index is 1.41. The normalized spacial score (nSPS) is 18.5. The summed E-state index contributed by atoms with van der Waals surface area (Å²) < 4.78 is 18.4. The summed E-state index contributed by atoms with van der Waals surface area (Å²) in [5, 5.41) is 4.24. The minimum Gasteiger partial charge on any atom is -0.293 e. The number of alkyl halides is 1. The summed E-state index contributed by atoms with van der Waals surface area (Å²) in [7, 11) is 1.90. The van der Waals surface area contributed by atoms with E-state index >= 15 is 4.39 Å². The molecular weight excluding hydrogens is 383 g/mol. The molecule has 3 heterocycles. The summed E-state index contributed by atoms with van der Waals surface area (Å²) in [5.74, 6) is 0. The van der Waals surface area contributed by atoms with E-state index < -0.39 is 6.17 Å². The lowest BCUT2D eigenvalue weighted by atomic mass is 9.97. The Morgan fingerprint density at radius 3 is 2.90 bits per heavy atom. The number of aryl methyl sites for hydroxylation is 1. The van der Waals surface area contributed by atoms with Crippen molar-refractivity contribution in [1.29, 1.82) is 0 Å². The Hall–Kier alpha value is -2.57. The average Bonchev–Trinajstić information content (AvgIpc) is 3.34. The smallest absolute Gasteiger partial charge is 0.138 e. The van der Waals surface area contributed by atoms with Crippen LogP contribution in [0.25, 0.3) is 21.3 Å². The molecule has 0 bridgehead atoms. The van der Waals surface area contributed by atoms with Crippen molar-refractivity contribution in [3.63, 3.8) is 0 Å². The van der Waals surface area contributed by atoms with E-state index in [1.165, 1.54) is 10.3 Å². The maximum absolute atomic E-state index is 15.4. The predicted octanol–water partition coefficient (Wildman–Crippen LogP) is 5.33. The van der Waals surface area contributed by atoms with Crippen molar-refractivity contribution in [1.82, 2.24) is 19.7 Å². The van der Waals surface area contributed by atoms with Crippen LogP contribution in [0.5, 0.6) is 0 Å². The molecule has 29 heavy (non-hydrogen) atoms. The maximum atomic E-state index is 15.4. The second kappa shape index (κ2) is 7.35. The van der Waals surface area contributed by atoms with Gasteiger partial charge in [0.15, 0.2) is 0 Å². The summed E-state index contributed by atoms with van der Waals surface area (Å²) in [5.41, 5.74) is 8.06. The zero-order valence-electron chi connectivity index (χ0n) is 16.5. The molecule has 5 rings (SSSR count). The van der Waals surface area contributed by atoms with E-state index in [2.05, 4.69) is 52.2 Å². The number of halogens is 1. The Labute approximate surface area is 173 Å². The number of nitrogens with zero attached hydrogens (tertiary/aromatic N) is 4. The minimum absolute atomic E-state index is 0.145. The molecule has 0 radical (unpaired) electrons. The van der Waals surface area contributed by atoms with Gasteiger partial charge < -0.3 is 0 Å². The summed E-state index contributed by atoms with van der Waals surface area (Å²) in [4.78, 5) is 6.68. The second-order valence-corrected chi connectivity index (χ2v) is 8.67. The second-order valence-electron chi connectivity index (χ2n) is 7.78. The summed E-state index contributed by atoms with van der Waals surface area (Å²) >= 11 is 1.65. The van der Waals surface area contributed by atoms with Gasteiger partial charge in [0.05, 0.1) is 21.9 Å². The van der Waals surface area contributed by atoms with Gasteiger partial charge in [-0.05, 0) is 53.8 Å². The van der Waals surface area contributed by atoms with E-state index in [4.69, 9.17) is 0 Å². The van der Waals surface area contributed by atoms with Crippen LogP contribution in [0.15, 0.2) is 54.3 Å². The quantitative estimate of drug-likeness (QED) is 0.461. The molecule has 148 valence electrons. The van der Waals surface area contributed by atoms with E-state index in [1.54, 1.807) is 16.0 Å². The molecule has 2 aromatic carbocycles. The van der Waals surface area contributed by atoms with Crippen LogP contribution in [0.2, 0.25) is 0 Å². The van der Waals surface area contributed by atoms with Crippen LogP contribution >= 0.6 is 11.3 Å². The molecule has 4 aromatic rings. The summed E-state index contributed by atoms with van der Waals surface area (Å²) in [6.07, 6.45) is 3.64. The molecule has 2 atom stereocenters. The van der Waals surface area contributed by atoms with Crippen molar-refractivity contribution in [2.75, 3.05) is 13.1 Å². The summed E-state index contributed by atoms with van der Waals surface area (Å²) in [6.45, 7) is 3.41. The highest BCUT2D eigenvalue weighted by atomic mass is 32.1. The van der Waals surface area contributed by atoms with Gasteiger partial charge in [-0.2, -0.15) is 5.10 Å². The topological polar surface area (TPSA) is 34.0 Å². The van der Waals surface area contributed by atoms with Gasteiger partial charge in [-0.25, -0.2) is 9.37 Å². The molecule has 2 unspecified atom stereocenters. The van der Waals surface area contributed by atoms with Crippen molar-refractivity contribution in [3.8, 4) is 11.1 Å². The van der Waals surface area contributed by atoms with Gasteiger partial charge in [-0.15, -0.1) is 11.3 Å². The molecule has 1 aliphatic rings. The monoisotopic (exact) mass is 406 g/mol. The lowest BCUT2D eigenvalue weighted by Crippen LogP contribution is -2.30. The van der Waals surface area contributed by atoms with Crippen LogP contribution < -0.4 is 0 Å². The van der Waals surface area contributed by atoms with Crippen LogP contribution in [0.3, 0.4) is 0 Å². The Morgan fingerprint density at radius 2 is 2.07 bits per heavy atom. The van der Waals surface area contributed by atoms with Crippen molar-refractivity contribution < 1.29 is 4.39 Å². The van der Waals surface area contributed by atoms with E-state index in [0.717, 1.165) is 40.7 Å². The first-order valence-corrected chi connectivity index (χ1v) is 10.8. The van der Waals surface area contributed by atoms with E-state index in [1.807, 2.05) is 31.0 Å². The molecule has 2 aromatic heterocycles. The molecule has 6 heteroatoms. The molecule has 1 aliphatic heterocycles. The van der Waals surface area contributed by atoms with Crippen molar-refractivity contribution in [2.24, 2.45) is 7.05 Å².